The van der Waals surface area contributed by atoms with Crippen molar-refractivity contribution in [3.63, 3.8) is 0 Å². The van der Waals surface area contributed by atoms with Crippen LogP contribution >= 0.6 is 0 Å². The summed E-state index contributed by atoms with van der Waals surface area (Å²) in [5.41, 5.74) is -0.834. The molecular formula is C13H13F2NO2. The molecule has 96 valence electrons. The number of aromatic carboxylic acids is 1. The van der Waals surface area contributed by atoms with Gasteiger partial charge >= 0.3 is 5.97 Å². The first-order valence-electron chi connectivity index (χ1n) is 5.45. The number of halogens is 2. The number of hydrogen-bond donors (Lipinski definition) is 2. The third kappa shape index (κ3) is 2.98. The second-order valence-corrected chi connectivity index (χ2v) is 3.75. The van der Waals surface area contributed by atoms with Crippen LogP contribution in [0.4, 0.5) is 14.5 Å². The van der Waals surface area contributed by atoms with Crippen molar-refractivity contribution < 1.29 is 18.7 Å². The number of carbonyl (C=O) groups is 1. The lowest BCUT2D eigenvalue weighted by Crippen LogP contribution is -2.18. The lowest BCUT2D eigenvalue weighted by atomic mass is 10.1. The lowest BCUT2D eigenvalue weighted by Gasteiger charge is -2.14. The van der Waals surface area contributed by atoms with Crippen molar-refractivity contribution in [2.24, 2.45) is 0 Å². The highest BCUT2D eigenvalue weighted by atomic mass is 19.2. The Bertz CT molecular complexity index is 494. The van der Waals surface area contributed by atoms with Crippen molar-refractivity contribution in [2.75, 3.05) is 5.32 Å². The quantitative estimate of drug-likeness (QED) is 0.793. The molecule has 0 radical (unpaired) electrons. The molecule has 0 saturated heterocycles. The van der Waals surface area contributed by atoms with Crippen LogP contribution in [-0.4, -0.2) is 17.1 Å². The zero-order valence-electron chi connectivity index (χ0n) is 9.84. The van der Waals surface area contributed by atoms with Crippen LogP contribution in [0.15, 0.2) is 12.1 Å². The van der Waals surface area contributed by atoms with E-state index in [9.17, 15) is 13.6 Å². The smallest absolute Gasteiger partial charge is 0.338 e. The SMILES string of the molecule is C#CC(CCC)Nc1ccc(C(=O)O)c(F)c1F. The zero-order valence-corrected chi connectivity index (χ0v) is 9.84. The molecule has 1 aromatic carbocycles. The molecule has 0 aliphatic rings. The summed E-state index contributed by atoms with van der Waals surface area (Å²) in [5, 5.41) is 11.3. The van der Waals surface area contributed by atoms with E-state index >= 15 is 0 Å². The van der Waals surface area contributed by atoms with Gasteiger partial charge < -0.3 is 10.4 Å². The van der Waals surface area contributed by atoms with E-state index in [0.29, 0.717) is 6.42 Å². The van der Waals surface area contributed by atoms with E-state index < -0.39 is 29.2 Å². The number of nitrogens with one attached hydrogen (secondary N) is 1. The first kappa shape index (κ1) is 14.0. The van der Waals surface area contributed by atoms with Gasteiger partial charge in [-0.05, 0) is 18.6 Å². The van der Waals surface area contributed by atoms with E-state index in [1.807, 2.05) is 6.92 Å². The number of carboxylic acid groups (broad SMARTS) is 1. The van der Waals surface area contributed by atoms with E-state index in [2.05, 4.69) is 11.2 Å². The van der Waals surface area contributed by atoms with Crippen molar-refractivity contribution in [2.45, 2.75) is 25.8 Å². The van der Waals surface area contributed by atoms with Gasteiger partial charge in [0, 0.05) is 0 Å². The Balaban J connectivity index is 3.02. The standard InChI is InChI=1S/C13H13F2NO2/c1-3-5-8(4-2)16-10-7-6-9(13(17)18)11(14)12(10)15/h2,6-8,16H,3,5H2,1H3,(H,17,18). The van der Waals surface area contributed by atoms with E-state index in [-0.39, 0.29) is 5.69 Å². The summed E-state index contributed by atoms with van der Waals surface area (Å²) in [5.74, 6) is -1.71. The molecule has 5 heteroatoms. The van der Waals surface area contributed by atoms with E-state index in [0.717, 1.165) is 12.5 Å². The van der Waals surface area contributed by atoms with Gasteiger partial charge in [0.05, 0.1) is 17.3 Å². The molecule has 2 N–H and O–H groups in total. The normalized spacial score (nSPS) is 11.7. The van der Waals surface area contributed by atoms with Crippen molar-refractivity contribution >= 4 is 11.7 Å². The first-order valence-corrected chi connectivity index (χ1v) is 5.45. The second-order valence-electron chi connectivity index (χ2n) is 3.75. The molecule has 0 aromatic heterocycles. The maximum Gasteiger partial charge on any atom is 0.338 e. The molecule has 0 heterocycles. The zero-order chi connectivity index (χ0) is 13.7. The topological polar surface area (TPSA) is 49.3 Å². The van der Waals surface area contributed by atoms with E-state index in [1.165, 1.54) is 6.07 Å². The Labute approximate surface area is 104 Å². The highest BCUT2D eigenvalue weighted by molar-refractivity contribution is 5.88. The fraction of sp³-hybridized carbons (Fsp3) is 0.308. The number of anilines is 1. The fourth-order valence-electron chi connectivity index (χ4n) is 1.50. The minimum atomic E-state index is -1.51. The molecular weight excluding hydrogens is 240 g/mol. The first-order chi connectivity index (χ1) is 8.51. The Morgan fingerprint density at radius 2 is 2.17 bits per heavy atom. The van der Waals surface area contributed by atoms with Gasteiger partial charge in [-0.25, -0.2) is 13.6 Å². The minimum Gasteiger partial charge on any atom is -0.478 e. The predicted molar refractivity (Wildman–Crippen MR) is 64.5 cm³/mol. The van der Waals surface area contributed by atoms with Crippen molar-refractivity contribution in [3.05, 3.63) is 29.3 Å². The van der Waals surface area contributed by atoms with Crippen LogP contribution in [0.5, 0.6) is 0 Å². The van der Waals surface area contributed by atoms with Gasteiger partial charge in [-0.2, -0.15) is 0 Å². The van der Waals surface area contributed by atoms with Crippen LogP contribution in [0.25, 0.3) is 0 Å². The van der Waals surface area contributed by atoms with Crippen molar-refractivity contribution in [3.8, 4) is 12.3 Å². The Morgan fingerprint density at radius 3 is 2.67 bits per heavy atom. The maximum atomic E-state index is 13.6. The Kier molecular flexibility index (Phi) is 4.67. The fourth-order valence-corrected chi connectivity index (χ4v) is 1.50. The third-order valence-corrected chi connectivity index (χ3v) is 2.42. The molecule has 1 rings (SSSR count). The molecule has 1 unspecified atom stereocenters. The number of benzene rings is 1. The van der Waals surface area contributed by atoms with Crippen LogP contribution < -0.4 is 5.32 Å². The van der Waals surface area contributed by atoms with Gasteiger partial charge in [-0.1, -0.05) is 19.3 Å². The van der Waals surface area contributed by atoms with Crippen LogP contribution in [-0.2, 0) is 0 Å². The summed E-state index contributed by atoms with van der Waals surface area (Å²) in [4.78, 5) is 10.6. The summed E-state index contributed by atoms with van der Waals surface area (Å²) in [7, 11) is 0. The van der Waals surface area contributed by atoms with Crippen LogP contribution in [0.2, 0.25) is 0 Å². The molecule has 1 aromatic rings. The summed E-state index contributed by atoms with van der Waals surface area (Å²) >= 11 is 0. The highest BCUT2D eigenvalue weighted by Crippen LogP contribution is 2.22. The minimum absolute atomic E-state index is 0.131. The van der Waals surface area contributed by atoms with Crippen molar-refractivity contribution in [1.82, 2.24) is 0 Å². The summed E-state index contributed by atoms with van der Waals surface area (Å²) in [6.07, 6.45) is 6.65. The van der Waals surface area contributed by atoms with Crippen molar-refractivity contribution in [1.29, 1.82) is 0 Å². The molecule has 0 spiro atoms. The third-order valence-electron chi connectivity index (χ3n) is 2.42. The number of hydrogen-bond acceptors (Lipinski definition) is 2. The summed E-state index contributed by atoms with van der Waals surface area (Å²) in [6.45, 7) is 1.91. The van der Waals surface area contributed by atoms with Gasteiger partial charge in [0.2, 0.25) is 0 Å². The van der Waals surface area contributed by atoms with Gasteiger partial charge in [0.15, 0.2) is 11.6 Å². The van der Waals surface area contributed by atoms with Gasteiger partial charge in [0.25, 0.3) is 0 Å². The molecule has 3 nitrogen and oxygen atoms in total. The molecule has 0 saturated carbocycles. The number of rotatable bonds is 5. The molecule has 0 aliphatic heterocycles. The molecule has 1 atom stereocenters. The van der Waals surface area contributed by atoms with Crippen LogP contribution in [0, 0.1) is 24.0 Å². The second kappa shape index (κ2) is 6.01. The molecule has 0 bridgehead atoms. The molecule has 0 amide bonds. The number of carboxylic acids is 1. The molecule has 0 fully saturated rings. The highest BCUT2D eigenvalue weighted by Gasteiger charge is 2.18. The maximum absolute atomic E-state index is 13.6. The number of terminal acetylenes is 1. The van der Waals surface area contributed by atoms with Crippen LogP contribution in [0.1, 0.15) is 30.1 Å². The van der Waals surface area contributed by atoms with Gasteiger partial charge in [-0.15, -0.1) is 6.42 Å². The Hall–Kier alpha value is -2.09. The Morgan fingerprint density at radius 1 is 1.50 bits per heavy atom. The monoisotopic (exact) mass is 253 g/mol. The van der Waals surface area contributed by atoms with E-state index in [1.54, 1.807) is 0 Å². The van der Waals surface area contributed by atoms with Gasteiger partial charge in [0.1, 0.15) is 0 Å². The molecule has 18 heavy (non-hydrogen) atoms. The van der Waals surface area contributed by atoms with Crippen LogP contribution in [0.3, 0.4) is 0 Å². The average Bonchev–Trinajstić information content (AvgIpc) is 2.33. The average molecular weight is 253 g/mol. The summed E-state index contributed by atoms with van der Waals surface area (Å²) in [6, 6.07) is 1.75. The lowest BCUT2D eigenvalue weighted by molar-refractivity contribution is 0.0690. The van der Waals surface area contributed by atoms with E-state index in [4.69, 9.17) is 11.5 Å². The molecule has 0 aliphatic carbocycles. The van der Waals surface area contributed by atoms with Gasteiger partial charge in [-0.3, -0.25) is 0 Å². The predicted octanol–water partition coefficient (Wildman–Crippen LogP) is 2.88. The largest absolute Gasteiger partial charge is 0.478 e. The summed E-state index contributed by atoms with van der Waals surface area (Å²) < 4.78 is 27.0.